The number of anilines is 1. The topological polar surface area (TPSA) is 58.3 Å². The van der Waals surface area contributed by atoms with E-state index in [1.165, 1.54) is 0 Å². The van der Waals surface area contributed by atoms with E-state index in [4.69, 9.17) is 10.8 Å². The van der Waals surface area contributed by atoms with Crippen molar-refractivity contribution >= 4 is 5.69 Å². The van der Waals surface area contributed by atoms with Gasteiger partial charge in [0.25, 0.3) is 0 Å². The van der Waals surface area contributed by atoms with Crippen molar-refractivity contribution in [3.63, 3.8) is 0 Å². The van der Waals surface area contributed by atoms with E-state index in [0.717, 1.165) is 12.2 Å². The van der Waals surface area contributed by atoms with Crippen LogP contribution in [-0.2, 0) is 0 Å². The minimum absolute atomic E-state index is 0.281. The first-order valence-electron chi connectivity index (χ1n) is 3.56. The van der Waals surface area contributed by atoms with Crippen LogP contribution in [0.25, 0.3) is 0 Å². The predicted molar refractivity (Wildman–Crippen MR) is 45.7 cm³/mol. The summed E-state index contributed by atoms with van der Waals surface area (Å²) in [5, 5.41) is 12.0. The second-order valence-electron chi connectivity index (χ2n) is 2.26. The van der Waals surface area contributed by atoms with Gasteiger partial charge in [0.05, 0.1) is 0 Å². The van der Waals surface area contributed by atoms with E-state index in [0.29, 0.717) is 6.54 Å². The van der Waals surface area contributed by atoms with Crippen LogP contribution >= 0.6 is 0 Å². The number of nitrogens with one attached hydrogen (secondary N) is 1. The van der Waals surface area contributed by atoms with Crippen molar-refractivity contribution < 1.29 is 5.11 Å². The van der Waals surface area contributed by atoms with Crippen molar-refractivity contribution in [3.05, 3.63) is 24.3 Å². The number of aromatic hydroxyl groups is 1. The molecule has 0 bridgehead atoms. The smallest absolute Gasteiger partial charge is 0.115 e. The Morgan fingerprint density at radius 1 is 1.27 bits per heavy atom. The van der Waals surface area contributed by atoms with Gasteiger partial charge in [0.15, 0.2) is 0 Å². The first-order valence-corrected chi connectivity index (χ1v) is 3.56. The predicted octanol–water partition coefficient (Wildman–Crippen LogP) is 0.763. The van der Waals surface area contributed by atoms with Crippen LogP contribution in [0.2, 0.25) is 0 Å². The highest BCUT2D eigenvalue weighted by molar-refractivity contribution is 5.45. The molecule has 3 nitrogen and oxygen atoms in total. The zero-order valence-corrected chi connectivity index (χ0v) is 6.25. The molecule has 0 aliphatic carbocycles. The third-order valence-electron chi connectivity index (χ3n) is 1.34. The second kappa shape index (κ2) is 3.83. The number of phenols is 1. The SMILES string of the molecule is NCCNc1ccc(O)cc1. The van der Waals surface area contributed by atoms with Gasteiger partial charge in [0.2, 0.25) is 0 Å². The molecule has 0 fully saturated rings. The standard InChI is InChI=1S/C8H12N2O/c9-5-6-10-7-1-3-8(11)4-2-7/h1-4,10-11H,5-6,9H2. The third-order valence-corrected chi connectivity index (χ3v) is 1.34. The van der Waals surface area contributed by atoms with E-state index in [1.54, 1.807) is 12.1 Å². The van der Waals surface area contributed by atoms with E-state index in [9.17, 15) is 0 Å². The van der Waals surface area contributed by atoms with Gasteiger partial charge in [0, 0.05) is 18.8 Å². The maximum absolute atomic E-state index is 8.93. The molecule has 3 heteroatoms. The normalized spacial score (nSPS) is 9.55. The summed E-state index contributed by atoms with van der Waals surface area (Å²) in [5.74, 6) is 0.281. The van der Waals surface area contributed by atoms with Gasteiger partial charge < -0.3 is 16.2 Å². The molecule has 0 spiro atoms. The van der Waals surface area contributed by atoms with Gasteiger partial charge in [-0.25, -0.2) is 0 Å². The molecule has 0 aliphatic rings. The van der Waals surface area contributed by atoms with Crippen molar-refractivity contribution in [1.82, 2.24) is 0 Å². The van der Waals surface area contributed by atoms with Crippen molar-refractivity contribution in [2.45, 2.75) is 0 Å². The highest BCUT2D eigenvalue weighted by atomic mass is 16.3. The fourth-order valence-electron chi connectivity index (χ4n) is 0.796. The van der Waals surface area contributed by atoms with Gasteiger partial charge in [-0.05, 0) is 24.3 Å². The second-order valence-corrected chi connectivity index (χ2v) is 2.26. The van der Waals surface area contributed by atoms with Crippen molar-refractivity contribution in [2.75, 3.05) is 18.4 Å². The van der Waals surface area contributed by atoms with Crippen LogP contribution in [0.5, 0.6) is 5.75 Å². The first kappa shape index (κ1) is 7.88. The molecule has 0 amide bonds. The van der Waals surface area contributed by atoms with Crippen LogP contribution < -0.4 is 11.1 Å². The minimum atomic E-state index is 0.281. The van der Waals surface area contributed by atoms with Crippen LogP contribution in [0.1, 0.15) is 0 Å². The summed E-state index contributed by atoms with van der Waals surface area (Å²) in [4.78, 5) is 0. The number of rotatable bonds is 3. The van der Waals surface area contributed by atoms with Gasteiger partial charge in [-0.2, -0.15) is 0 Å². The summed E-state index contributed by atoms with van der Waals surface area (Å²) >= 11 is 0. The Hall–Kier alpha value is -1.22. The van der Waals surface area contributed by atoms with Crippen molar-refractivity contribution in [3.8, 4) is 5.75 Å². The zero-order chi connectivity index (χ0) is 8.10. The lowest BCUT2D eigenvalue weighted by Gasteiger charge is -2.03. The minimum Gasteiger partial charge on any atom is -0.508 e. The molecule has 0 heterocycles. The van der Waals surface area contributed by atoms with Crippen molar-refractivity contribution in [1.29, 1.82) is 0 Å². The average molecular weight is 152 g/mol. The molecule has 60 valence electrons. The maximum Gasteiger partial charge on any atom is 0.115 e. The van der Waals surface area contributed by atoms with Crippen LogP contribution in [-0.4, -0.2) is 18.2 Å². The summed E-state index contributed by atoms with van der Waals surface area (Å²) < 4.78 is 0. The monoisotopic (exact) mass is 152 g/mol. The van der Waals surface area contributed by atoms with E-state index >= 15 is 0 Å². The quantitative estimate of drug-likeness (QED) is 0.560. The molecule has 1 aromatic carbocycles. The van der Waals surface area contributed by atoms with Crippen LogP contribution in [0.15, 0.2) is 24.3 Å². The van der Waals surface area contributed by atoms with Gasteiger partial charge in [-0.15, -0.1) is 0 Å². The van der Waals surface area contributed by atoms with Gasteiger partial charge in [-0.3, -0.25) is 0 Å². The van der Waals surface area contributed by atoms with E-state index in [-0.39, 0.29) is 5.75 Å². The summed E-state index contributed by atoms with van der Waals surface area (Å²) in [6.07, 6.45) is 0. The van der Waals surface area contributed by atoms with Gasteiger partial charge in [-0.1, -0.05) is 0 Å². The Bertz CT molecular complexity index is 208. The summed E-state index contributed by atoms with van der Waals surface area (Å²) in [7, 11) is 0. The molecule has 1 rings (SSSR count). The number of nitrogens with two attached hydrogens (primary N) is 1. The fraction of sp³-hybridized carbons (Fsp3) is 0.250. The summed E-state index contributed by atoms with van der Waals surface area (Å²) in [5.41, 5.74) is 6.27. The summed E-state index contributed by atoms with van der Waals surface area (Å²) in [6, 6.07) is 6.90. The van der Waals surface area contributed by atoms with Crippen LogP contribution in [0.4, 0.5) is 5.69 Å². The maximum atomic E-state index is 8.93. The highest BCUT2D eigenvalue weighted by Crippen LogP contribution is 2.12. The van der Waals surface area contributed by atoms with E-state index in [2.05, 4.69) is 5.32 Å². The highest BCUT2D eigenvalue weighted by Gasteiger charge is 1.89. The van der Waals surface area contributed by atoms with Gasteiger partial charge in [0.1, 0.15) is 5.75 Å². The van der Waals surface area contributed by atoms with E-state index in [1.807, 2.05) is 12.1 Å². The Labute approximate surface area is 65.8 Å². The third kappa shape index (κ3) is 2.47. The molecule has 1 aromatic rings. The van der Waals surface area contributed by atoms with Gasteiger partial charge >= 0.3 is 0 Å². The fourth-order valence-corrected chi connectivity index (χ4v) is 0.796. The van der Waals surface area contributed by atoms with E-state index < -0.39 is 0 Å². The number of hydrogen-bond acceptors (Lipinski definition) is 3. The number of benzene rings is 1. The average Bonchev–Trinajstić information content (AvgIpc) is 2.04. The molecule has 4 N–H and O–H groups in total. The Kier molecular flexibility index (Phi) is 2.74. The Morgan fingerprint density at radius 3 is 2.45 bits per heavy atom. The molecular weight excluding hydrogens is 140 g/mol. The number of phenolic OH excluding ortho intramolecular Hbond substituents is 1. The molecule has 0 saturated heterocycles. The molecular formula is C8H12N2O. The molecule has 0 unspecified atom stereocenters. The number of hydrogen-bond donors (Lipinski definition) is 3. The molecule has 11 heavy (non-hydrogen) atoms. The molecule has 0 atom stereocenters. The molecule has 0 radical (unpaired) electrons. The van der Waals surface area contributed by atoms with Crippen molar-refractivity contribution in [2.24, 2.45) is 5.73 Å². The first-order chi connectivity index (χ1) is 5.33. The summed E-state index contributed by atoms with van der Waals surface area (Å²) in [6.45, 7) is 1.37. The van der Waals surface area contributed by atoms with Crippen LogP contribution in [0.3, 0.4) is 0 Å². The Morgan fingerprint density at radius 2 is 1.91 bits per heavy atom. The zero-order valence-electron chi connectivity index (χ0n) is 6.25. The Balaban J connectivity index is 2.52. The molecule has 0 aliphatic heterocycles. The largest absolute Gasteiger partial charge is 0.508 e. The lowest BCUT2D eigenvalue weighted by Crippen LogP contribution is -2.12. The lowest BCUT2D eigenvalue weighted by molar-refractivity contribution is 0.475. The van der Waals surface area contributed by atoms with Crippen LogP contribution in [0, 0.1) is 0 Å². The molecule has 0 saturated carbocycles. The lowest BCUT2D eigenvalue weighted by atomic mass is 10.3. The molecule has 0 aromatic heterocycles.